The molecule has 0 aromatic carbocycles. The third-order valence-corrected chi connectivity index (χ3v) is 2.62. The maximum atomic E-state index is 12.1. The molecule has 3 nitrogen and oxygen atoms in total. The molecule has 1 aromatic heterocycles. The summed E-state index contributed by atoms with van der Waals surface area (Å²) < 4.78 is 12.1. The maximum absolute atomic E-state index is 12.1. The number of carbonyl (C=O) groups excluding carboxylic acids is 1. The van der Waals surface area contributed by atoms with Gasteiger partial charge in [0, 0.05) is 35.5 Å². The highest BCUT2D eigenvalue weighted by atomic mass is 19.1. The van der Waals surface area contributed by atoms with E-state index in [1.807, 2.05) is 12.2 Å². The molecule has 80 valence electrons. The van der Waals surface area contributed by atoms with Crippen molar-refractivity contribution in [2.75, 3.05) is 6.67 Å². The van der Waals surface area contributed by atoms with E-state index in [0.29, 0.717) is 5.56 Å². The van der Waals surface area contributed by atoms with Gasteiger partial charge in [-0.25, -0.2) is 0 Å². The molecule has 0 bridgehead atoms. The van der Waals surface area contributed by atoms with Crippen LogP contribution in [-0.4, -0.2) is 17.4 Å². The summed E-state index contributed by atoms with van der Waals surface area (Å²) in [6.45, 7) is -0.617. The fourth-order valence-electron chi connectivity index (χ4n) is 1.84. The molecule has 0 aliphatic heterocycles. The molecule has 2 rings (SSSR count). The number of halogens is 1. The average molecular weight is 208 g/mol. The zero-order valence-corrected chi connectivity index (χ0v) is 8.29. The summed E-state index contributed by atoms with van der Waals surface area (Å²) in [5.74, 6) is -0.172. The van der Waals surface area contributed by atoms with Crippen molar-refractivity contribution in [1.29, 1.82) is 0 Å². The van der Waals surface area contributed by atoms with Crippen molar-refractivity contribution in [1.82, 2.24) is 4.98 Å². The Morgan fingerprint density at radius 3 is 3.20 bits per heavy atom. The molecular weight excluding hydrogens is 195 g/mol. The van der Waals surface area contributed by atoms with Gasteiger partial charge in [0.15, 0.2) is 5.78 Å². The first kappa shape index (κ1) is 10.1. The van der Waals surface area contributed by atoms with E-state index in [1.54, 1.807) is 6.20 Å². The molecule has 1 aromatic rings. The van der Waals surface area contributed by atoms with E-state index in [4.69, 9.17) is 5.73 Å². The molecule has 3 N–H and O–H groups in total. The van der Waals surface area contributed by atoms with E-state index in [0.717, 1.165) is 17.7 Å². The van der Waals surface area contributed by atoms with Gasteiger partial charge in [0.25, 0.3) is 0 Å². The number of nitrogens with one attached hydrogen (secondary N) is 1. The smallest absolute Gasteiger partial charge is 0.167 e. The Kier molecular flexibility index (Phi) is 2.68. The van der Waals surface area contributed by atoms with Crippen molar-refractivity contribution in [2.24, 2.45) is 5.73 Å². The summed E-state index contributed by atoms with van der Waals surface area (Å²) in [6.07, 6.45) is 6.14. The van der Waals surface area contributed by atoms with Crippen LogP contribution >= 0.6 is 0 Å². The second-order valence-electron chi connectivity index (χ2n) is 3.64. The van der Waals surface area contributed by atoms with Gasteiger partial charge in [-0.2, -0.15) is 0 Å². The molecule has 0 amide bonds. The number of carbonyl (C=O) groups is 1. The van der Waals surface area contributed by atoms with Gasteiger partial charge in [-0.3, -0.25) is 9.18 Å². The highest BCUT2D eigenvalue weighted by Gasteiger charge is 2.20. The minimum absolute atomic E-state index is 0.0621. The van der Waals surface area contributed by atoms with Gasteiger partial charge in [0.05, 0.1) is 6.67 Å². The minimum atomic E-state index is -0.617. The summed E-state index contributed by atoms with van der Waals surface area (Å²) in [6, 6.07) is -0.0862. The zero-order chi connectivity index (χ0) is 10.8. The Morgan fingerprint density at radius 2 is 2.47 bits per heavy atom. The molecule has 15 heavy (non-hydrogen) atoms. The van der Waals surface area contributed by atoms with Crippen molar-refractivity contribution < 1.29 is 9.18 Å². The van der Waals surface area contributed by atoms with Crippen LogP contribution in [0.5, 0.6) is 0 Å². The van der Waals surface area contributed by atoms with Crippen LogP contribution in [0.25, 0.3) is 6.08 Å². The van der Waals surface area contributed by atoms with Gasteiger partial charge in [0.1, 0.15) is 0 Å². The lowest BCUT2D eigenvalue weighted by Gasteiger charge is -2.13. The quantitative estimate of drug-likeness (QED) is 0.746. The predicted molar refractivity (Wildman–Crippen MR) is 56.3 cm³/mol. The molecule has 0 saturated carbocycles. The van der Waals surface area contributed by atoms with Gasteiger partial charge in [-0.05, 0) is 6.42 Å². The number of ketones is 1. The van der Waals surface area contributed by atoms with Gasteiger partial charge < -0.3 is 10.7 Å². The molecule has 4 heteroatoms. The van der Waals surface area contributed by atoms with Crippen LogP contribution in [0.2, 0.25) is 0 Å². The average Bonchev–Trinajstić information content (AvgIpc) is 2.63. The van der Waals surface area contributed by atoms with Gasteiger partial charge >= 0.3 is 0 Å². The number of aromatic amines is 1. The van der Waals surface area contributed by atoms with Crippen LogP contribution in [0.1, 0.15) is 40.5 Å². The highest BCUT2D eigenvalue weighted by Crippen LogP contribution is 2.28. The number of rotatable bonds is 3. The molecule has 0 saturated heterocycles. The predicted octanol–water partition coefficient (Wildman–Crippen LogP) is 1.97. The molecule has 1 unspecified atom stereocenters. The number of fused-ring (bicyclic) bond motifs is 1. The first-order valence-corrected chi connectivity index (χ1v) is 4.96. The Bertz CT molecular complexity index is 409. The Balaban J connectivity index is 2.36. The summed E-state index contributed by atoms with van der Waals surface area (Å²) in [5.41, 5.74) is 8.12. The van der Waals surface area contributed by atoms with Crippen molar-refractivity contribution >= 4 is 11.9 Å². The summed E-state index contributed by atoms with van der Waals surface area (Å²) in [4.78, 5) is 14.5. The van der Waals surface area contributed by atoms with Crippen molar-refractivity contribution in [2.45, 2.75) is 18.9 Å². The Hall–Kier alpha value is -1.42. The van der Waals surface area contributed by atoms with Crippen LogP contribution in [0.15, 0.2) is 12.3 Å². The lowest BCUT2D eigenvalue weighted by atomic mass is 9.96. The van der Waals surface area contributed by atoms with E-state index in [2.05, 4.69) is 4.98 Å². The number of Topliss-reactive ketones (excluding diaryl/α,β-unsaturated/α-hetero) is 1. The standard InChI is InChI=1S/C11H13FN2O/c12-5-4-10(15)8-6-14-11-7(8)2-1-3-9(11)13/h1-2,6,9,14H,3-5,13H2. The van der Waals surface area contributed by atoms with Crippen LogP contribution in [-0.2, 0) is 0 Å². The molecule has 1 aliphatic rings. The van der Waals surface area contributed by atoms with Gasteiger partial charge in [-0.1, -0.05) is 12.2 Å². The number of hydrogen-bond donors (Lipinski definition) is 2. The fraction of sp³-hybridized carbons (Fsp3) is 0.364. The molecular formula is C11H13FN2O. The first-order chi connectivity index (χ1) is 7.24. The molecule has 1 atom stereocenters. The van der Waals surface area contributed by atoms with Gasteiger partial charge in [0.2, 0.25) is 0 Å². The number of hydrogen-bond acceptors (Lipinski definition) is 2. The number of H-pyrrole nitrogens is 1. The van der Waals surface area contributed by atoms with E-state index in [-0.39, 0.29) is 18.2 Å². The maximum Gasteiger partial charge on any atom is 0.167 e. The topological polar surface area (TPSA) is 58.9 Å². The largest absolute Gasteiger partial charge is 0.362 e. The summed E-state index contributed by atoms with van der Waals surface area (Å²) in [7, 11) is 0. The monoisotopic (exact) mass is 208 g/mol. The molecule has 1 aliphatic carbocycles. The molecule has 0 fully saturated rings. The van der Waals surface area contributed by atoms with Crippen molar-refractivity contribution in [3.05, 3.63) is 29.1 Å². The van der Waals surface area contributed by atoms with E-state index < -0.39 is 6.67 Å². The first-order valence-electron chi connectivity index (χ1n) is 4.96. The van der Waals surface area contributed by atoms with E-state index in [1.165, 1.54) is 0 Å². The molecule has 0 radical (unpaired) electrons. The van der Waals surface area contributed by atoms with Crippen LogP contribution in [0.3, 0.4) is 0 Å². The van der Waals surface area contributed by atoms with Crippen LogP contribution < -0.4 is 5.73 Å². The summed E-state index contributed by atoms with van der Waals surface area (Å²) >= 11 is 0. The summed E-state index contributed by atoms with van der Waals surface area (Å²) in [5, 5.41) is 0. The Morgan fingerprint density at radius 1 is 1.67 bits per heavy atom. The number of alkyl halides is 1. The van der Waals surface area contributed by atoms with Crippen molar-refractivity contribution in [3.63, 3.8) is 0 Å². The lowest BCUT2D eigenvalue weighted by molar-refractivity contribution is 0.0974. The minimum Gasteiger partial charge on any atom is -0.362 e. The normalized spacial score (nSPS) is 18.9. The second kappa shape index (κ2) is 3.98. The third kappa shape index (κ3) is 1.72. The van der Waals surface area contributed by atoms with E-state index >= 15 is 0 Å². The second-order valence-corrected chi connectivity index (χ2v) is 3.64. The SMILES string of the molecule is NC1CC=Cc2c(C(=O)CCF)c[nH]c21. The van der Waals surface area contributed by atoms with Gasteiger partial charge in [-0.15, -0.1) is 0 Å². The zero-order valence-electron chi connectivity index (χ0n) is 8.29. The third-order valence-electron chi connectivity index (χ3n) is 2.62. The van der Waals surface area contributed by atoms with Crippen LogP contribution in [0, 0.1) is 0 Å². The Labute approximate surface area is 87.2 Å². The van der Waals surface area contributed by atoms with E-state index in [9.17, 15) is 9.18 Å². The number of aromatic nitrogens is 1. The molecule has 0 spiro atoms. The highest BCUT2D eigenvalue weighted by molar-refractivity contribution is 6.00. The number of nitrogens with two attached hydrogens (primary N) is 1. The van der Waals surface area contributed by atoms with Crippen LogP contribution in [0.4, 0.5) is 4.39 Å². The molecule has 1 heterocycles. The van der Waals surface area contributed by atoms with Crippen molar-refractivity contribution in [3.8, 4) is 0 Å². The fourth-order valence-corrected chi connectivity index (χ4v) is 1.84. The lowest BCUT2D eigenvalue weighted by Crippen LogP contribution is -2.13.